The third-order valence-electron chi connectivity index (χ3n) is 7.14. The van der Waals surface area contributed by atoms with Crippen LogP contribution in [0.25, 0.3) is 33.3 Å². The van der Waals surface area contributed by atoms with Crippen LogP contribution in [0, 0.1) is 28.5 Å². The maximum absolute atomic E-state index is 14.7. The van der Waals surface area contributed by atoms with Crippen LogP contribution in [0.3, 0.4) is 0 Å². The summed E-state index contributed by atoms with van der Waals surface area (Å²) >= 11 is 0. The Morgan fingerprint density at radius 2 is 1.94 bits per heavy atom. The number of aromatic nitrogens is 2. The molecule has 5 rings (SSSR count). The minimum Gasteiger partial charge on any atom is -0.388 e. The van der Waals surface area contributed by atoms with Gasteiger partial charge in [0.1, 0.15) is 11.9 Å². The van der Waals surface area contributed by atoms with Gasteiger partial charge < -0.3 is 15.3 Å². The van der Waals surface area contributed by atoms with E-state index in [4.69, 9.17) is 10.4 Å². The first-order valence-electron chi connectivity index (χ1n) is 12.1. The fourth-order valence-electron chi connectivity index (χ4n) is 5.29. The summed E-state index contributed by atoms with van der Waals surface area (Å²) in [6, 6.07) is 14.6. The second-order valence-electron chi connectivity index (χ2n) is 9.26. The van der Waals surface area contributed by atoms with Gasteiger partial charge in [0.25, 0.3) is 0 Å². The van der Waals surface area contributed by atoms with Gasteiger partial charge in [0.15, 0.2) is 0 Å². The maximum atomic E-state index is 14.7. The van der Waals surface area contributed by atoms with Gasteiger partial charge in [-0.1, -0.05) is 31.4 Å². The number of nitrogens with zero attached hydrogens (tertiary/aromatic N) is 3. The largest absolute Gasteiger partial charge is 0.388 e. The SMILES string of the molecule is CNc1ccc(-c2ncc3c(ccn3CC3CCCCC3)c2-c2ccc(C#N)c(F)c2)cc1C=N. The lowest BCUT2D eigenvalue weighted by atomic mass is 9.89. The van der Waals surface area contributed by atoms with Gasteiger partial charge in [-0.25, -0.2) is 4.39 Å². The van der Waals surface area contributed by atoms with Gasteiger partial charge in [-0.15, -0.1) is 0 Å². The van der Waals surface area contributed by atoms with Crippen LogP contribution >= 0.6 is 0 Å². The Morgan fingerprint density at radius 3 is 2.66 bits per heavy atom. The van der Waals surface area contributed by atoms with Crippen molar-refractivity contribution in [3.8, 4) is 28.5 Å². The minimum absolute atomic E-state index is 0.0229. The summed E-state index contributed by atoms with van der Waals surface area (Å²) in [6.45, 7) is 0.959. The van der Waals surface area contributed by atoms with Crippen LogP contribution in [-0.2, 0) is 6.54 Å². The van der Waals surface area contributed by atoms with Crippen LogP contribution in [0.15, 0.2) is 54.9 Å². The van der Waals surface area contributed by atoms with Crippen molar-refractivity contribution in [2.45, 2.75) is 38.6 Å². The molecule has 4 aromatic rings. The zero-order chi connectivity index (χ0) is 24.4. The van der Waals surface area contributed by atoms with Gasteiger partial charge >= 0.3 is 0 Å². The van der Waals surface area contributed by atoms with Crippen molar-refractivity contribution in [3.63, 3.8) is 0 Å². The van der Waals surface area contributed by atoms with E-state index in [0.717, 1.165) is 45.5 Å². The molecule has 0 atom stereocenters. The van der Waals surface area contributed by atoms with E-state index in [1.807, 2.05) is 37.5 Å². The first-order chi connectivity index (χ1) is 17.1. The molecule has 35 heavy (non-hydrogen) atoms. The molecule has 2 aromatic heterocycles. The first-order valence-corrected chi connectivity index (χ1v) is 12.1. The van der Waals surface area contributed by atoms with Gasteiger partial charge in [0.2, 0.25) is 0 Å². The fourth-order valence-corrected chi connectivity index (χ4v) is 5.29. The van der Waals surface area contributed by atoms with Crippen molar-refractivity contribution in [1.82, 2.24) is 9.55 Å². The predicted molar refractivity (Wildman–Crippen MR) is 139 cm³/mol. The summed E-state index contributed by atoms with van der Waals surface area (Å²) in [5.41, 5.74) is 5.74. The molecule has 2 N–H and O–H groups in total. The van der Waals surface area contributed by atoms with Gasteiger partial charge in [0.05, 0.1) is 23.0 Å². The molecule has 1 saturated carbocycles. The topological polar surface area (TPSA) is 77.5 Å². The third-order valence-corrected chi connectivity index (χ3v) is 7.14. The molecule has 2 aromatic carbocycles. The number of hydrogen-bond donors (Lipinski definition) is 2. The molecule has 2 heterocycles. The normalized spacial score (nSPS) is 14.1. The van der Waals surface area contributed by atoms with Crippen LogP contribution in [0.4, 0.5) is 10.1 Å². The summed E-state index contributed by atoms with van der Waals surface area (Å²) in [5, 5.41) is 21.2. The van der Waals surface area contributed by atoms with E-state index >= 15 is 0 Å². The van der Waals surface area contributed by atoms with E-state index in [2.05, 4.69) is 22.1 Å². The lowest BCUT2D eigenvalue weighted by Crippen LogP contribution is -2.13. The molecule has 0 bridgehead atoms. The molecule has 5 nitrogen and oxygen atoms in total. The zero-order valence-corrected chi connectivity index (χ0v) is 19.8. The molecular weight excluding hydrogens is 437 g/mol. The summed E-state index contributed by atoms with van der Waals surface area (Å²) in [7, 11) is 1.83. The Labute approximate surface area is 204 Å². The highest BCUT2D eigenvalue weighted by Gasteiger charge is 2.20. The molecule has 0 amide bonds. The van der Waals surface area contributed by atoms with E-state index in [9.17, 15) is 9.65 Å². The van der Waals surface area contributed by atoms with Crippen molar-refractivity contribution in [2.75, 3.05) is 12.4 Å². The van der Waals surface area contributed by atoms with Crippen molar-refractivity contribution >= 4 is 22.8 Å². The minimum atomic E-state index is -0.541. The van der Waals surface area contributed by atoms with Crippen molar-refractivity contribution < 1.29 is 4.39 Å². The molecule has 6 heteroatoms. The Bertz CT molecular complexity index is 1440. The zero-order valence-electron chi connectivity index (χ0n) is 19.8. The Hall–Kier alpha value is -3.98. The second kappa shape index (κ2) is 9.71. The average molecular weight is 466 g/mol. The number of benzene rings is 2. The van der Waals surface area contributed by atoms with Crippen molar-refractivity contribution in [3.05, 3.63) is 71.8 Å². The van der Waals surface area contributed by atoms with Crippen LogP contribution in [-0.4, -0.2) is 22.8 Å². The van der Waals surface area contributed by atoms with Crippen LogP contribution in [0.5, 0.6) is 0 Å². The molecule has 0 spiro atoms. The highest BCUT2D eigenvalue weighted by atomic mass is 19.1. The predicted octanol–water partition coefficient (Wildman–Crippen LogP) is 7.00. The smallest absolute Gasteiger partial charge is 0.141 e. The van der Waals surface area contributed by atoms with Crippen LogP contribution < -0.4 is 5.32 Å². The molecule has 0 unspecified atom stereocenters. The standard InChI is InChI=1S/C29H28FN5/c1-33-26-10-9-21(13-23(26)16-32)29-28(20-7-8-22(15-31)25(30)14-20)24-11-12-35(27(24)17-34-29)18-19-5-3-2-4-6-19/h7-14,16-17,19,32-33H,2-6,18H2,1H3. The summed E-state index contributed by atoms with van der Waals surface area (Å²) in [4.78, 5) is 4.88. The Balaban J connectivity index is 1.70. The summed E-state index contributed by atoms with van der Waals surface area (Å²) < 4.78 is 17.0. The molecular formula is C29H28FN5. The third kappa shape index (κ3) is 4.30. The van der Waals surface area contributed by atoms with Crippen molar-refractivity contribution in [2.24, 2.45) is 5.92 Å². The monoisotopic (exact) mass is 465 g/mol. The number of rotatable bonds is 6. The highest BCUT2D eigenvalue weighted by molar-refractivity contribution is 6.02. The van der Waals surface area contributed by atoms with Gasteiger partial charge in [0, 0.05) is 53.8 Å². The fraction of sp³-hybridized carbons (Fsp3) is 0.276. The number of halogens is 1. The maximum Gasteiger partial charge on any atom is 0.141 e. The number of hydrogen-bond acceptors (Lipinski definition) is 4. The van der Waals surface area contributed by atoms with E-state index in [-0.39, 0.29) is 5.56 Å². The Morgan fingerprint density at radius 1 is 1.14 bits per heavy atom. The lowest BCUT2D eigenvalue weighted by Gasteiger charge is -2.22. The molecule has 0 radical (unpaired) electrons. The van der Waals surface area contributed by atoms with Crippen LogP contribution in [0.1, 0.15) is 43.2 Å². The number of pyridine rings is 1. The summed E-state index contributed by atoms with van der Waals surface area (Å²) in [6.07, 6.45) is 11.8. The quantitative estimate of drug-likeness (QED) is 0.301. The average Bonchev–Trinajstić information content (AvgIpc) is 3.30. The molecule has 0 saturated heterocycles. The molecule has 1 fully saturated rings. The number of fused-ring (bicyclic) bond motifs is 1. The molecule has 1 aliphatic rings. The van der Waals surface area contributed by atoms with E-state index in [0.29, 0.717) is 11.5 Å². The van der Waals surface area contributed by atoms with E-state index in [1.54, 1.807) is 6.07 Å². The lowest BCUT2D eigenvalue weighted by molar-refractivity contribution is 0.322. The van der Waals surface area contributed by atoms with Crippen LogP contribution in [0.2, 0.25) is 0 Å². The first kappa shape index (κ1) is 22.8. The Kier molecular flexibility index (Phi) is 6.33. The highest BCUT2D eigenvalue weighted by Crippen LogP contribution is 2.39. The van der Waals surface area contributed by atoms with Gasteiger partial charge in [-0.2, -0.15) is 5.26 Å². The van der Waals surface area contributed by atoms with E-state index in [1.165, 1.54) is 50.5 Å². The molecule has 1 aliphatic carbocycles. The number of nitrogens with one attached hydrogen (secondary N) is 2. The molecule has 176 valence electrons. The number of anilines is 1. The second-order valence-corrected chi connectivity index (χ2v) is 9.26. The van der Waals surface area contributed by atoms with E-state index < -0.39 is 5.82 Å². The number of nitriles is 1. The van der Waals surface area contributed by atoms with Gasteiger partial charge in [-0.3, -0.25) is 4.98 Å². The summed E-state index contributed by atoms with van der Waals surface area (Å²) in [5.74, 6) is 0.124. The van der Waals surface area contributed by atoms with Crippen molar-refractivity contribution in [1.29, 1.82) is 10.7 Å². The van der Waals surface area contributed by atoms with Gasteiger partial charge in [-0.05, 0) is 54.7 Å². The molecule has 0 aliphatic heterocycles.